The Kier molecular flexibility index (Phi) is 5.72. The van der Waals surface area contributed by atoms with Crippen molar-refractivity contribution < 1.29 is 13.9 Å². The molecule has 0 saturated carbocycles. The van der Waals surface area contributed by atoms with Crippen LogP contribution >= 0.6 is 11.6 Å². The fraction of sp³-hybridized carbons (Fsp3) is 0.143. The van der Waals surface area contributed by atoms with Gasteiger partial charge in [0.2, 0.25) is 0 Å². The molecular weight excluding hydrogens is 367 g/mol. The maximum atomic E-state index is 13.1. The maximum absolute atomic E-state index is 13.1. The van der Waals surface area contributed by atoms with Crippen molar-refractivity contribution in [2.24, 2.45) is 10.7 Å². The third-order valence-corrected chi connectivity index (χ3v) is 4.48. The number of allylic oxidation sites excluding steroid dienone is 1. The standard InChI is InChI=1S/C21H18ClFN2O2/c1-25-12-15(11-24)19-10-16(22)4-7-18(19)20-9-14(21(26)27-20)8-13-2-5-17(23)6-3-13/h2-8,10-12,20H,9,24H2,1H3/b14-8+,15-11+,25-12?. The van der Waals surface area contributed by atoms with Crippen molar-refractivity contribution in [3.05, 3.63) is 81.8 Å². The number of ether oxygens (including phenoxy) is 1. The molecule has 0 spiro atoms. The van der Waals surface area contributed by atoms with Gasteiger partial charge < -0.3 is 10.5 Å². The minimum atomic E-state index is -0.461. The first-order valence-electron chi connectivity index (χ1n) is 8.33. The SMILES string of the molecule is CN=C/C(=C\N)c1cc(Cl)ccc1C1C/C(=C\c2ccc(F)cc2)C(=O)O1. The van der Waals surface area contributed by atoms with E-state index in [9.17, 15) is 9.18 Å². The number of rotatable bonds is 4. The topological polar surface area (TPSA) is 64.7 Å². The summed E-state index contributed by atoms with van der Waals surface area (Å²) in [5, 5.41) is 0.545. The number of carbonyl (C=O) groups is 1. The molecule has 4 nitrogen and oxygen atoms in total. The summed E-state index contributed by atoms with van der Waals surface area (Å²) < 4.78 is 18.6. The molecule has 1 aliphatic heterocycles. The predicted octanol–water partition coefficient (Wildman–Crippen LogP) is 4.55. The van der Waals surface area contributed by atoms with Crippen LogP contribution in [0.2, 0.25) is 5.02 Å². The van der Waals surface area contributed by atoms with E-state index in [2.05, 4.69) is 4.99 Å². The first kappa shape index (κ1) is 18.9. The summed E-state index contributed by atoms with van der Waals surface area (Å²) in [7, 11) is 1.65. The van der Waals surface area contributed by atoms with Gasteiger partial charge in [-0.25, -0.2) is 9.18 Å². The fourth-order valence-corrected chi connectivity index (χ4v) is 3.15. The smallest absolute Gasteiger partial charge is 0.334 e. The van der Waals surface area contributed by atoms with Gasteiger partial charge in [-0.3, -0.25) is 4.99 Å². The molecule has 0 aliphatic carbocycles. The Morgan fingerprint density at radius 2 is 2.04 bits per heavy atom. The van der Waals surface area contributed by atoms with Gasteiger partial charge in [-0.1, -0.05) is 29.8 Å². The van der Waals surface area contributed by atoms with E-state index in [4.69, 9.17) is 22.1 Å². The van der Waals surface area contributed by atoms with Crippen LogP contribution in [0.25, 0.3) is 11.6 Å². The summed E-state index contributed by atoms with van der Waals surface area (Å²) >= 11 is 6.14. The second kappa shape index (κ2) is 8.18. The molecule has 27 heavy (non-hydrogen) atoms. The lowest BCUT2D eigenvalue weighted by Crippen LogP contribution is -2.04. The van der Waals surface area contributed by atoms with E-state index in [1.165, 1.54) is 18.3 Å². The number of aliphatic imine (C=N–C) groups is 1. The number of esters is 1. The third kappa shape index (κ3) is 4.26. The van der Waals surface area contributed by atoms with Crippen LogP contribution in [0.3, 0.4) is 0 Å². The second-order valence-electron chi connectivity index (χ2n) is 6.06. The van der Waals surface area contributed by atoms with Crippen LogP contribution < -0.4 is 5.73 Å². The molecule has 2 aromatic rings. The Bertz CT molecular complexity index is 949. The summed E-state index contributed by atoms with van der Waals surface area (Å²) in [5.74, 6) is -0.721. The first-order chi connectivity index (χ1) is 13.0. The zero-order chi connectivity index (χ0) is 19.4. The quantitative estimate of drug-likeness (QED) is 0.477. The molecule has 1 aliphatic rings. The van der Waals surface area contributed by atoms with E-state index < -0.39 is 12.1 Å². The van der Waals surface area contributed by atoms with Crippen molar-refractivity contribution >= 4 is 35.4 Å². The molecule has 2 aromatic carbocycles. The summed E-state index contributed by atoms with van der Waals surface area (Å²) in [6.07, 6.45) is 4.71. The number of hydrogen-bond donors (Lipinski definition) is 1. The van der Waals surface area contributed by atoms with Crippen molar-refractivity contribution in [3.63, 3.8) is 0 Å². The van der Waals surface area contributed by atoms with E-state index in [1.807, 2.05) is 6.07 Å². The van der Waals surface area contributed by atoms with Gasteiger partial charge in [0, 0.05) is 47.6 Å². The number of benzene rings is 2. The van der Waals surface area contributed by atoms with Gasteiger partial charge in [-0.15, -0.1) is 0 Å². The van der Waals surface area contributed by atoms with Gasteiger partial charge in [-0.05, 0) is 41.5 Å². The largest absolute Gasteiger partial charge is 0.454 e. The summed E-state index contributed by atoms with van der Waals surface area (Å²) in [5.41, 5.74) is 9.23. The fourth-order valence-electron chi connectivity index (χ4n) is 2.98. The van der Waals surface area contributed by atoms with Crippen molar-refractivity contribution in [2.75, 3.05) is 7.05 Å². The van der Waals surface area contributed by atoms with E-state index in [-0.39, 0.29) is 5.82 Å². The summed E-state index contributed by atoms with van der Waals surface area (Å²) in [6, 6.07) is 11.3. The average molecular weight is 385 g/mol. The lowest BCUT2D eigenvalue weighted by molar-refractivity contribution is -0.139. The molecule has 0 bridgehead atoms. The van der Waals surface area contributed by atoms with Crippen LogP contribution in [0, 0.1) is 5.82 Å². The van der Waals surface area contributed by atoms with Crippen molar-refractivity contribution in [1.82, 2.24) is 0 Å². The highest BCUT2D eigenvalue weighted by atomic mass is 35.5. The molecule has 0 radical (unpaired) electrons. The van der Waals surface area contributed by atoms with E-state index in [0.717, 1.165) is 16.7 Å². The second-order valence-corrected chi connectivity index (χ2v) is 6.50. The van der Waals surface area contributed by atoms with Gasteiger partial charge >= 0.3 is 5.97 Å². The van der Waals surface area contributed by atoms with Gasteiger partial charge in [0.1, 0.15) is 11.9 Å². The number of hydrogen-bond acceptors (Lipinski definition) is 4. The van der Waals surface area contributed by atoms with E-state index in [1.54, 1.807) is 43.6 Å². The molecule has 1 saturated heterocycles. The number of nitrogens with zero attached hydrogens (tertiary/aromatic N) is 1. The number of nitrogens with two attached hydrogens (primary N) is 1. The Labute approximate surface area is 161 Å². The maximum Gasteiger partial charge on any atom is 0.334 e. The van der Waals surface area contributed by atoms with E-state index >= 15 is 0 Å². The van der Waals surface area contributed by atoms with Crippen LogP contribution in [0.15, 0.2) is 59.2 Å². The molecule has 1 heterocycles. The highest BCUT2D eigenvalue weighted by molar-refractivity contribution is 6.31. The minimum absolute atomic E-state index is 0.325. The highest BCUT2D eigenvalue weighted by Gasteiger charge is 2.32. The molecule has 0 aromatic heterocycles. The zero-order valence-corrected chi connectivity index (χ0v) is 15.4. The Morgan fingerprint density at radius 1 is 1.30 bits per heavy atom. The molecule has 3 rings (SSSR count). The third-order valence-electron chi connectivity index (χ3n) is 4.25. The Hall–Kier alpha value is -2.92. The van der Waals surface area contributed by atoms with Gasteiger partial charge in [0.25, 0.3) is 0 Å². The predicted molar refractivity (Wildman–Crippen MR) is 106 cm³/mol. The summed E-state index contributed by atoms with van der Waals surface area (Å²) in [6.45, 7) is 0. The number of cyclic esters (lactones) is 1. The van der Waals surface area contributed by atoms with Crippen LogP contribution in [0.5, 0.6) is 0 Å². The normalized spacial score (nSPS) is 19.1. The number of halogens is 2. The van der Waals surface area contributed by atoms with Crippen LogP contribution in [0.4, 0.5) is 4.39 Å². The monoisotopic (exact) mass is 384 g/mol. The minimum Gasteiger partial charge on any atom is -0.454 e. The lowest BCUT2D eigenvalue weighted by Gasteiger charge is -2.15. The number of carbonyl (C=O) groups excluding carboxylic acids is 1. The highest BCUT2D eigenvalue weighted by Crippen LogP contribution is 2.38. The Morgan fingerprint density at radius 3 is 2.70 bits per heavy atom. The van der Waals surface area contributed by atoms with Gasteiger partial charge in [0.15, 0.2) is 0 Å². The van der Waals surface area contributed by atoms with Crippen molar-refractivity contribution in [2.45, 2.75) is 12.5 Å². The van der Waals surface area contributed by atoms with Crippen molar-refractivity contribution in [1.29, 1.82) is 0 Å². The lowest BCUT2D eigenvalue weighted by atomic mass is 9.94. The Balaban J connectivity index is 1.94. The van der Waals surface area contributed by atoms with Crippen LogP contribution in [-0.2, 0) is 9.53 Å². The molecular formula is C21H18ClFN2O2. The molecule has 1 unspecified atom stereocenters. The molecule has 0 amide bonds. The molecule has 6 heteroatoms. The van der Waals surface area contributed by atoms with Gasteiger partial charge in [0.05, 0.1) is 0 Å². The molecule has 1 atom stereocenters. The zero-order valence-electron chi connectivity index (χ0n) is 14.7. The first-order valence-corrected chi connectivity index (χ1v) is 8.70. The molecule has 1 fully saturated rings. The summed E-state index contributed by atoms with van der Waals surface area (Å²) in [4.78, 5) is 16.3. The van der Waals surface area contributed by atoms with Gasteiger partial charge in [-0.2, -0.15) is 0 Å². The van der Waals surface area contributed by atoms with Crippen LogP contribution in [-0.4, -0.2) is 19.2 Å². The van der Waals surface area contributed by atoms with E-state index in [0.29, 0.717) is 22.6 Å². The molecule has 138 valence electrons. The van der Waals surface area contributed by atoms with Crippen LogP contribution in [0.1, 0.15) is 29.2 Å². The molecule has 2 N–H and O–H groups in total. The average Bonchev–Trinajstić information content (AvgIpc) is 3.01. The van der Waals surface area contributed by atoms with Crippen molar-refractivity contribution in [3.8, 4) is 0 Å².